The van der Waals surface area contributed by atoms with Crippen LogP contribution in [0.1, 0.15) is 21.5 Å². The van der Waals surface area contributed by atoms with Gasteiger partial charge in [-0.1, -0.05) is 18.2 Å². The topological polar surface area (TPSA) is 58.4 Å². The van der Waals surface area contributed by atoms with Gasteiger partial charge in [0.2, 0.25) is 0 Å². The molecule has 1 heterocycles. The monoisotopic (exact) mass is 341 g/mol. The molecule has 3 N–H and O–H groups in total. The minimum absolute atomic E-state index is 0.128. The first-order chi connectivity index (χ1) is 11.6. The summed E-state index contributed by atoms with van der Waals surface area (Å²) in [5.41, 5.74) is 10.1. The summed E-state index contributed by atoms with van der Waals surface area (Å²) in [5.74, 6) is 2.27. The van der Waals surface area contributed by atoms with Gasteiger partial charge in [0, 0.05) is 48.1 Å². The van der Waals surface area contributed by atoms with E-state index in [9.17, 15) is 4.79 Å². The van der Waals surface area contributed by atoms with E-state index in [0.717, 1.165) is 30.9 Å². The van der Waals surface area contributed by atoms with E-state index >= 15 is 0 Å². The van der Waals surface area contributed by atoms with E-state index in [2.05, 4.69) is 28.4 Å². The molecule has 4 nitrogen and oxygen atoms in total. The average molecular weight is 341 g/mol. The Kier molecular flexibility index (Phi) is 5.43. The number of carbonyl (C=O) groups is 1. The van der Waals surface area contributed by atoms with Crippen molar-refractivity contribution in [2.24, 2.45) is 0 Å². The van der Waals surface area contributed by atoms with Gasteiger partial charge in [-0.15, -0.1) is 0 Å². The molecule has 0 aliphatic carbocycles. The maximum atomic E-state index is 12.4. The molecular formula is C19H23N3OS. The summed E-state index contributed by atoms with van der Waals surface area (Å²) in [5, 5.41) is 3.01. The number of thioether (sulfide) groups is 1. The van der Waals surface area contributed by atoms with Crippen molar-refractivity contribution in [1.29, 1.82) is 0 Å². The van der Waals surface area contributed by atoms with Crippen LogP contribution < -0.4 is 11.1 Å². The van der Waals surface area contributed by atoms with Gasteiger partial charge in [-0.2, -0.15) is 11.8 Å². The summed E-state index contributed by atoms with van der Waals surface area (Å²) in [4.78, 5) is 14.9. The SMILES string of the molecule is Cc1ccc(CN2CCSCC2)cc1NC(=O)c1cccc(N)c1. The maximum absolute atomic E-state index is 12.4. The molecule has 0 radical (unpaired) electrons. The molecule has 0 atom stereocenters. The van der Waals surface area contributed by atoms with Crippen molar-refractivity contribution < 1.29 is 4.79 Å². The van der Waals surface area contributed by atoms with E-state index < -0.39 is 0 Å². The largest absolute Gasteiger partial charge is 0.399 e. The Bertz CT molecular complexity index is 726. The predicted molar refractivity (Wildman–Crippen MR) is 103 cm³/mol. The highest BCUT2D eigenvalue weighted by Crippen LogP contribution is 2.21. The Morgan fingerprint density at radius 3 is 2.75 bits per heavy atom. The van der Waals surface area contributed by atoms with Crippen LogP contribution in [0.15, 0.2) is 42.5 Å². The Balaban J connectivity index is 1.72. The van der Waals surface area contributed by atoms with Crippen molar-refractivity contribution in [3.63, 3.8) is 0 Å². The molecule has 0 saturated carbocycles. The third kappa shape index (κ3) is 4.30. The Labute approximate surface area is 147 Å². The van der Waals surface area contributed by atoms with Crippen LogP contribution in [0.25, 0.3) is 0 Å². The van der Waals surface area contributed by atoms with Crippen LogP contribution in [0.2, 0.25) is 0 Å². The van der Waals surface area contributed by atoms with E-state index in [-0.39, 0.29) is 5.91 Å². The minimum Gasteiger partial charge on any atom is -0.399 e. The third-order valence-corrected chi connectivity index (χ3v) is 5.15. The predicted octanol–water partition coefficient (Wildman–Crippen LogP) is 3.38. The summed E-state index contributed by atoms with van der Waals surface area (Å²) >= 11 is 2.01. The summed E-state index contributed by atoms with van der Waals surface area (Å²) < 4.78 is 0. The van der Waals surface area contributed by atoms with Crippen molar-refractivity contribution in [2.75, 3.05) is 35.6 Å². The highest BCUT2D eigenvalue weighted by atomic mass is 32.2. The van der Waals surface area contributed by atoms with Crippen LogP contribution in [-0.4, -0.2) is 35.4 Å². The number of nitrogens with zero attached hydrogens (tertiary/aromatic N) is 1. The highest BCUT2D eigenvalue weighted by molar-refractivity contribution is 7.99. The number of rotatable bonds is 4. The van der Waals surface area contributed by atoms with E-state index in [1.54, 1.807) is 24.3 Å². The molecule has 126 valence electrons. The molecule has 0 unspecified atom stereocenters. The molecule has 2 aromatic rings. The van der Waals surface area contributed by atoms with E-state index in [1.807, 2.05) is 18.7 Å². The number of anilines is 2. The Morgan fingerprint density at radius 2 is 2.00 bits per heavy atom. The van der Waals surface area contributed by atoms with Crippen LogP contribution in [-0.2, 0) is 6.54 Å². The van der Waals surface area contributed by atoms with Crippen molar-refractivity contribution >= 4 is 29.0 Å². The zero-order valence-corrected chi connectivity index (χ0v) is 14.7. The van der Waals surface area contributed by atoms with Crippen LogP contribution in [0.3, 0.4) is 0 Å². The number of aryl methyl sites for hydroxylation is 1. The maximum Gasteiger partial charge on any atom is 0.255 e. The molecule has 1 fully saturated rings. The van der Waals surface area contributed by atoms with Gasteiger partial charge < -0.3 is 11.1 Å². The standard InChI is InChI=1S/C19H23N3OS/c1-14-5-6-15(13-22-7-9-24-10-8-22)11-18(14)21-19(23)16-3-2-4-17(20)12-16/h2-6,11-12H,7-10,13,20H2,1H3,(H,21,23). The van der Waals surface area contributed by atoms with Crippen molar-refractivity contribution in [3.05, 3.63) is 59.2 Å². The number of nitrogens with two attached hydrogens (primary N) is 1. The first kappa shape index (κ1) is 16.9. The lowest BCUT2D eigenvalue weighted by Gasteiger charge is -2.26. The van der Waals surface area contributed by atoms with Crippen LogP contribution in [0, 0.1) is 6.92 Å². The highest BCUT2D eigenvalue weighted by Gasteiger charge is 2.13. The zero-order valence-electron chi connectivity index (χ0n) is 13.9. The summed E-state index contributed by atoms with van der Waals surface area (Å²) in [6.45, 7) is 5.20. The van der Waals surface area contributed by atoms with Crippen molar-refractivity contribution in [1.82, 2.24) is 4.90 Å². The minimum atomic E-state index is -0.128. The zero-order chi connectivity index (χ0) is 16.9. The number of amides is 1. The number of nitrogens with one attached hydrogen (secondary N) is 1. The first-order valence-electron chi connectivity index (χ1n) is 8.18. The fourth-order valence-electron chi connectivity index (χ4n) is 2.79. The normalized spacial score (nSPS) is 15.2. The molecule has 1 aliphatic heterocycles. The van der Waals surface area contributed by atoms with Gasteiger partial charge in [-0.05, 0) is 42.3 Å². The number of benzene rings is 2. The lowest BCUT2D eigenvalue weighted by atomic mass is 10.1. The molecule has 1 saturated heterocycles. The van der Waals surface area contributed by atoms with Gasteiger partial charge in [0.05, 0.1) is 0 Å². The summed E-state index contributed by atoms with van der Waals surface area (Å²) in [6, 6.07) is 13.3. The third-order valence-electron chi connectivity index (χ3n) is 4.21. The van der Waals surface area contributed by atoms with E-state index in [0.29, 0.717) is 11.3 Å². The fourth-order valence-corrected chi connectivity index (χ4v) is 3.77. The molecule has 1 amide bonds. The molecule has 5 heteroatoms. The number of carbonyl (C=O) groups excluding carboxylic acids is 1. The molecule has 1 aliphatic rings. The lowest BCUT2D eigenvalue weighted by molar-refractivity contribution is 0.102. The van der Waals surface area contributed by atoms with Crippen molar-refractivity contribution in [3.8, 4) is 0 Å². The van der Waals surface area contributed by atoms with Gasteiger partial charge in [-0.25, -0.2) is 0 Å². The second-order valence-corrected chi connectivity index (χ2v) is 7.34. The summed E-state index contributed by atoms with van der Waals surface area (Å²) in [7, 11) is 0. The lowest BCUT2D eigenvalue weighted by Crippen LogP contribution is -2.32. The quantitative estimate of drug-likeness (QED) is 0.837. The molecule has 3 rings (SSSR count). The molecule has 0 spiro atoms. The van der Waals surface area contributed by atoms with Gasteiger partial charge in [0.15, 0.2) is 0 Å². The number of hydrogen-bond acceptors (Lipinski definition) is 4. The van der Waals surface area contributed by atoms with Crippen LogP contribution >= 0.6 is 11.8 Å². The van der Waals surface area contributed by atoms with Crippen LogP contribution in [0.5, 0.6) is 0 Å². The van der Waals surface area contributed by atoms with Gasteiger partial charge in [0.1, 0.15) is 0 Å². The average Bonchev–Trinajstić information content (AvgIpc) is 2.59. The molecule has 2 aromatic carbocycles. The number of nitrogen functional groups attached to an aromatic ring is 1. The molecule has 0 bridgehead atoms. The van der Waals surface area contributed by atoms with Gasteiger partial charge in [0.25, 0.3) is 5.91 Å². The molecule has 24 heavy (non-hydrogen) atoms. The summed E-state index contributed by atoms with van der Waals surface area (Å²) in [6.07, 6.45) is 0. The molecular weight excluding hydrogens is 318 g/mol. The Hall–Kier alpha value is -1.98. The second-order valence-electron chi connectivity index (χ2n) is 6.12. The van der Waals surface area contributed by atoms with Gasteiger partial charge in [-0.3, -0.25) is 9.69 Å². The Morgan fingerprint density at radius 1 is 1.21 bits per heavy atom. The van der Waals surface area contributed by atoms with Crippen molar-refractivity contribution in [2.45, 2.75) is 13.5 Å². The fraction of sp³-hybridized carbons (Fsp3) is 0.316. The van der Waals surface area contributed by atoms with E-state index in [1.165, 1.54) is 17.1 Å². The molecule has 0 aromatic heterocycles. The number of hydrogen-bond donors (Lipinski definition) is 2. The first-order valence-corrected chi connectivity index (χ1v) is 9.34. The smallest absolute Gasteiger partial charge is 0.255 e. The van der Waals surface area contributed by atoms with Gasteiger partial charge >= 0.3 is 0 Å². The van der Waals surface area contributed by atoms with Crippen LogP contribution in [0.4, 0.5) is 11.4 Å². The van der Waals surface area contributed by atoms with E-state index in [4.69, 9.17) is 5.73 Å². The second kappa shape index (κ2) is 7.73.